The normalized spacial score (nSPS) is 26.0. The van der Waals surface area contributed by atoms with E-state index in [1.165, 1.54) is 5.56 Å². The zero-order valence-corrected chi connectivity index (χ0v) is 18.0. The molecule has 2 aromatic rings. The smallest absolute Gasteiger partial charge is 0.255 e. The van der Waals surface area contributed by atoms with Crippen molar-refractivity contribution in [3.63, 3.8) is 0 Å². The van der Waals surface area contributed by atoms with Crippen molar-refractivity contribution in [2.45, 2.75) is 38.5 Å². The Morgan fingerprint density at radius 2 is 1.82 bits per heavy atom. The largest absolute Gasteiger partial charge is 0.489 e. The van der Waals surface area contributed by atoms with Gasteiger partial charge in [-0.05, 0) is 29.6 Å². The SMILES string of the molecule is [2H]C1([2H])C(=O)NC(=O)[C@@H](N2Cc3c(OCc4ccc(CN5CCOCC5)cc4)cccc3C2=O)C1([2H])[2H]. The second-order valence-electron chi connectivity index (χ2n) is 8.20. The van der Waals surface area contributed by atoms with Crippen molar-refractivity contribution < 1.29 is 29.3 Å². The third kappa shape index (κ3) is 4.62. The second kappa shape index (κ2) is 9.33. The summed E-state index contributed by atoms with van der Waals surface area (Å²) in [5.41, 5.74) is 2.85. The van der Waals surface area contributed by atoms with Crippen LogP contribution in [0, 0.1) is 0 Å². The van der Waals surface area contributed by atoms with E-state index in [0.29, 0.717) is 11.3 Å². The van der Waals surface area contributed by atoms with Gasteiger partial charge in [-0.15, -0.1) is 0 Å². The number of benzene rings is 2. The van der Waals surface area contributed by atoms with Crippen molar-refractivity contribution in [1.29, 1.82) is 0 Å². The number of hydrogen-bond acceptors (Lipinski definition) is 6. The molecular weight excluding hydrogens is 422 g/mol. The van der Waals surface area contributed by atoms with Gasteiger partial charge in [0.15, 0.2) is 0 Å². The third-order valence-electron chi connectivity index (χ3n) is 6.00. The van der Waals surface area contributed by atoms with Crippen LogP contribution < -0.4 is 10.1 Å². The van der Waals surface area contributed by atoms with Crippen molar-refractivity contribution in [3.8, 4) is 5.75 Å². The maximum absolute atomic E-state index is 13.2. The summed E-state index contributed by atoms with van der Waals surface area (Å²) < 4.78 is 43.7. The van der Waals surface area contributed by atoms with Gasteiger partial charge < -0.3 is 14.4 Å². The first-order valence-corrected chi connectivity index (χ1v) is 10.9. The number of piperidine rings is 1. The van der Waals surface area contributed by atoms with Gasteiger partial charge in [0, 0.05) is 42.6 Å². The summed E-state index contributed by atoms with van der Waals surface area (Å²) in [6.07, 6.45) is -5.91. The Balaban J connectivity index is 1.29. The number of nitrogens with zero attached hydrogens (tertiary/aromatic N) is 2. The molecule has 0 saturated carbocycles. The molecule has 0 radical (unpaired) electrons. The molecule has 0 bridgehead atoms. The minimum absolute atomic E-state index is 0.148. The molecule has 8 heteroatoms. The van der Waals surface area contributed by atoms with E-state index in [2.05, 4.69) is 4.90 Å². The molecule has 1 N–H and O–H groups in total. The number of carbonyl (C=O) groups excluding carboxylic acids is 3. The number of rotatable bonds is 6. The molecule has 0 aliphatic carbocycles. The zero-order valence-electron chi connectivity index (χ0n) is 22.0. The average molecular weight is 454 g/mol. The molecule has 8 nitrogen and oxygen atoms in total. The lowest BCUT2D eigenvalue weighted by Crippen LogP contribution is -2.52. The first kappa shape index (κ1) is 17.3. The molecule has 3 aliphatic heterocycles. The van der Waals surface area contributed by atoms with Gasteiger partial charge in [0.2, 0.25) is 11.8 Å². The number of nitrogens with one attached hydrogen (secondary N) is 1. The highest BCUT2D eigenvalue weighted by molar-refractivity contribution is 6.05. The maximum atomic E-state index is 13.2. The summed E-state index contributed by atoms with van der Waals surface area (Å²) in [6, 6.07) is 11.1. The molecule has 1 atom stereocenters. The number of fused-ring (bicyclic) bond motifs is 1. The standard InChI is InChI=1S/C25H27N3O5/c29-23-9-8-21(24(30)26-23)28-15-20-19(25(28)31)2-1-3-22(20)33-16-18-6-4-17(5-7-18)14-27-10-12-32-13-11-27/h1-7,21H,8-16H2,(H,26,29,30)/t21-/m0/s1/i8D2,9D2. The molecule has 0 unspecified atom stereocenters. The summed E-state index contributed by atoms with van der Waals surface area (Å²) in [7, 11) is 0. The van der Waals surface area contributed by atoms with E-state index in [0.717, 1.165) is 43.3 Å². The van der Waals surface area contributed by atoms with Gasteiger partial charge in [0.05, 0.1) is 19.8 Å². The predicted octanol–water partition coefficient (Wildman–Crippen LogP) is 1.86. The number of morpholine rings is 1. The molecule has 172 valence electrons. The lowest BCUT2D eigenvalue weighted by molar-refractivity contribution is -0.136. The van der Waals surface area contributed by atoms with Crippen LogP contribution in [0.15, 0.2) is 42.5 Å². The predicted molar refractivity (Wildman–Crippen MR) is 119 cm³/mol. The lowest BCUT2D eigenvalue weighted by Gasteiger charge is -2.29. The topological polar surface area (TPSA) is 88.2 Å². The van der Waals surface area contributed by atoms with Gasteiger partial charge in [-0.2, -0.15) is 0 Å². The summed E-state index contributed by atoms with van der Waals surface area (Å²) in [4.78, 5) is 40.9. The van der Waals surface area contributed by atoms with Crippen LogP contribution in [0.25, 0.3) is 0 Å². The number of ether oxygens (including phenoxy) is 2. The number of imide groups is 1. The van der Waals surface area contributed by atoms with Gasteiger partial charge in [0.1, 0.15) is 18.4 Å². The number of hydrogen-bond donors (Lipinski definition) is 1. The quantitative estimate of drug-likeness (QED) is 0.672. The highest BCUT2D eigenvalue weighted by Crippen LogP contribution is 2.34. The fraction of sp³-hybridized carbons (Fsp3) is 0.400. The van der Waals surface area contributed by atoms with E-state index in [4.69, 9.17) is 15.0 Å². The average Bonchev–Trinajstić information content (AvgIpc) is 3.19. The van der Waals surface area contributed by atoms with Gasteiger partial charge in [0.25, 0.3) is 5.91 Å². The summed E-state index contributed by atoms with van der Waals surface area (Å²) in [6.45, 7) is 4.24. The molecule has 3 amide bonds. The maximum Gasteiger partial charge on any atom is 0.255 e. The molecule has 3 aliphatic rings. The fourth-order valence-corrected chi connectivity index (χ4v) is 4.22. The van der Waals surface area contributed by atoms with Crippen molar-refractivity contribution in [3.05, 3.63) is 64.7 Å². The molecule has 2 saturated heterocycles. The number of carbonyl (C=O) groups is 3. The van der Waals surface area contributed by atoms with Crippen molar-refractivity contribution in [2.75, 3.05) is 26.3 Å². The monoisotopic (exact) mass is 453 g/mol. The van der Waals surface area contributed by atoms with Crippen molar-refractivity contribution in [2.24, 2.45) is 0 Å². The van der Waals surface area contributed by atoms with Crippen molar-refractivity contribution in [1.82, 2.24) is 15.1 Å². The van der Waals surface area contributed by atoms with E-state index in [9.17, 15) is 14.4 Å². The highest BCUT2D eigenvalue weighted by Gasteiger charge is 2.40. The van der Waals surface area contributed by atoms with Crippen LogP contribution in [-0.4, -0.2) is 59.9 Å². The highest BCUT2D eigenvalue weighted by atomic mass is 16.5. The van der Waals surface area contributed by atoms with E-state index >= 15 is 0 Å². The third-order valence-corrected chi connectivity index (χ3v) is 6.00. The molecule has 3 heterocycles. The van der Waals surface area contributed by atoms with E-state index in [-0.39, 0.29) is 18.7 Å². The van der Waals surface area contributed by atoms with E-state index in [1.54, 1.807) is 18.2 Å². The number of amides is 3. The zero-order chi connectivity index (χ0) is 26.4. The Morgan fingerprint density at radius 3 is 2.61 bits per heavy atom. The van der Waals surface area contributed by atoms with Crippen LogP contribution in [0.2, 0.25) is 0 Å². The lowest BCUT2D eigenvalue weighted by atomic mass is 10.0. The minimum atomic E-state index is -2.99. The Labute approximate surface area is 198 Å². The van der Waals surface area contributed by atoms with Gasteiger partial charge in [-0.1, -0.05) is 30.3 Å². The summed E-state index contributed by atoms with van der Waals surface area (Å²) >= 11 is 0. The Kier molecular flexibility index (Phi) is 4.88. The van der Waals surface area contributed by atoms with Crippen LogP contribution in [0.1, 0.15) is 45.3 Å². The van der Waals surface area contributed by atoms with E-state index < -0.39 is 36.5 Å². The first-order valence-electron chi connectivity index (χ1n) is 12.9. The Morgan fingerprint density at radius 1 is 1.06 bits per heavy atom. The van der Waals surface area contributed by atoms with Crippen LogP contribution in [0.4, 0.5) is 0 Å². The summed E-state index contributed by atoms with van der Waals surface area (Å²) in [5.74, 6) is -2.61. The fourth-order valence-electron chi connectivity index (χ4n) is 4.22. The van der Waals surface area contributed by atoms with E-state index in [1.807, 2.05) is 29.6 Å². The molecular formula is C25H27N3O5. The molecule has 33 heavy (non-hydrogen) atoms. The molecule has 2 fully saturated rings. The molecule has 5 rings (SSSR count). The van der Waals surface area contributed by atoms with Crippen LogP contribution in [-0.2, 0) is 34.0 Å². The molecule has 0 spiro atoms. The van der Waals surface area contributed by atoms with Crippen molar-refractivity contribution >= 4 is 17.7 Å². The molecule has 0 aromatic heterocycles. The van der Waals surface area contributed by atoms with Gasteiger partial charge in [-0.3, -0.25) is 24.6 Å². The Hall–Kier alpha value is -3.23. The van der Waals surface area contributed by atoms with Gasteiger partial charge in [-0.25, -0.2) is 0 Å². The molecule has 2 aromatic carbocycles. The van der Waals surface area contributed by atoms with Crippen LogP contribution in [0.5, 0.6) is 5.75 Å². The van der Waals surface area contributed by atoms with Crippen LogP contribution in [0.3, 0.4) is 0 Å². The van der Waals surface area contributed by atoms with Gasteiger partial charge >= 0.3 is 0 Å². The Bertz CT molecular complexity index is 1230. The minimum Gasteiger partial charge on any atom is -0.489 e. The summed E-state index contributed by atoms with van der Waals surface area (Å²) in [5, 5.41) is 1.86. The van der Waals surface area contributed by atoms with Crippen LogP contribution >= 0.6 is 0 Å². The second-order valence-corrected chi connectivity index (χ2v) is 8.20. The first-order chi connectivity index (χ1) is 17.6.